The number of alkyl halides is 1. The van der Waals surface area contributed by atoms with E-state index in [1.165, 1.54) is 25.7 Å². The number of anilines is 1. The maximum Gasteiger partial charge on any atom is 0.297 e. The van der Waals surface area contributed by atoms with E-state index in [1.54, 1.807) is 6.26 Å². The number of nitrogens with zero attached hydrogens (tertiary/aromatic N) is 2. The molecule has 0 aromatic carbocycles. The molecule has 82 valence electrons. The van der Waals surface area contributed by atoms with E-state index >= 15 is 0 Å². The fraction of sp³-hybridized carbons (Fsp3) is 0.727. The highest BCUT2D eigenvalue weighted by Crippen LogP contribution is 2.37. The molecule has 15 heavy (non-hydrogen) atoms. The minimum atomic E-state index is 0.436. The third-order valence-electron chi connectivity index (χ3n) is 3.06. The summed E-state index contributed by atoms with van der Waals surface area (Å²) in [5.74, 6) is 1.31. The Morgan fingerprint density at radius 3 is 2.73 bits per heavy atom. The number of aromatic nitrogens is 1. The molecule has 0 N–H and O–H groups in total. The van der Waals surface area contributed by atoms with Gasteiger partial charge in [-0.15, -0.1) is 11.6 Å². The molecule has 3 nitrogen and oxygen atoms in total. The molecule has 2 aliphatic carbocycles. The lowest BCUT2D eigenvalue weighted by Crippen LogP contribution is -2.28. The molecule has 0 radical (unpaired) electrons. The first kappa shape index (κ1) is 9.52. The topological polar surface area (TPSA) is 29.3 Å². The summed E-state index contributed by atoms with van der Waals surface area (Å²) in [7, 11) is 0. The molecule has 1 aromatic rings. The smallest absolute Gasteiger partial charge is 0.297 e. The zero-order valence-electron chi connectivity index (χ0n) is 8.66. The summed E-state index contributed by atoms with van der Waals surface area (Å²) in [4.78, 5) is 6.73. The normalized spacial score (nSPS) is 20.6. The lowest BCUT2D eigenvalue weighted by Gasteiger charge is -2.19. The minimum Gasteiger partial charge on any atom is -0.432 e. The second-order valence-electron chi connectivity index (χ2n) is 4.58. The Morgan fingerprint density at radius 2 is 2.20 bits per heavy atom. The van der Waals surface area contributed by atoms with E-state index in [1.807, 2.05) is 0 Å². The summed E-state index contributed by atoms with van der Waals surface area (Å²) in [6.07, 6.45) is 6.97. The SMILES string of the molecule is ClCc1coc(N(CC2CC2)C2CC2)n1. The van der Waals surface area contributed by atoms with Crippen LogP contribution >= 0.6 is 11.6 Å². The molecule has 0 saturated heterocycles. The van der Waals surface area contributed by atoms with Gasteiger partial charge in [0.15, 0.2) is 0 Å². The number of rotatable bonds is 5. The van der Waals surface area contributed by atoms with E-state index in [0.717, 1.165) is 24.2 Å². The Bertz CT molecular complexity index is 344. The molecule has 0 amide bonds. The summed E-state index contributed by atoms with van der Waals surface area (Å²) >= 11 is 5.72. The van der Waals surface area contributed by atoms with Crippen LogP contribution in [-0.4, -0.2) is 17.6 Å². The highest BCUT2D eigenvalue weighted by Gasteiger charge is 2.35. The van der Waals surface area contributed by atoms with Gasteiger partial charge >= 0.3 is 0 Å². The van der Waals surface area contributed by atoms with Crippen LogP contribution in [0.3, 0.4) is 0 Å². The summed E-state index contributed by atoms with van der Waals surface area (Å²) in [5.41, 5.74) is 0.841. The van der Waals surface area contributed by atoms with E-state index in [-0.39, 0.29) is 0 Å². The largest absolute Gasteiger partial charge is 0.432 e. The second kappa shape index (κ2) is 3.71. The average Bonchev–Trinajstić information content (AvgIpc) is 3.14. The van der Waals surface area contributed by atoms with E-state index in [4.69, 9.17) is 16.0 Å². The van der Waals surface area contributed by atoms with Gasteiger partial charge in [-0.1, -0.05) is 0 Å². The summed E-state index contributed by atoms with van der Waals surface area (Å²) in [5, 5.41) is 0. The van der Waals surface area contributed by atoms with Gasteiger partial charge < -0.3 is 9.32 Å². The van der Waals surface area contributed by atoms with Gasteiger partial charge in [-0.2, -0.15) is 4.98 Å². The fourth-order valence-electron chi connectivity index (χ4n) is 1.84. The molecule has 0 aliphatic heterocycles. The Kier molecular flexibility index (Phi) is 2.35. The Morgan fingerprint density at radius 1 is 1.40 bits per heavy atom. The average molecular weight is 227 g/mol. The van der Waals surface area contributed by atoms with Crippen LogP contribution in [0.2, 0.25) is 0 Å². The number of hydrogen-bond acceptors (Lipinski definition) is 3. The van der Waals surface area contributed by atoms with Crippen LogP contribution in [0.25, 0.3) is 0 Å². The Labute approximate surface area is 94.4 Å². The van der Waals surface area contributed by atoms with Gasteiger partial charge in [0.05, 0.1) is 11.6 Å². The van der Waals surface area contributed by atoms with Crippen molar-refractivity contribution in [2.24, 2.45) is 5.92 Å². The maximum atomic E-state index is 5.72. The number of halogens is 1. The first-order valence-electron chi connectivity index (χ1n) is 5.64. The van der Waals surface area contributed by atoms with E-state index in [2.05, 4.69) is 9.88 Å². The summed E-state index contributed by atoms with van der Waals surface area (Å²) in [6, 6.07) is 1.45. The molecule has 0 atom stereocenters. The van der Waals surface area contributed by atoms with Crippen LogP contribution in [-0.2, 0) is 5.88 Å². The van der Waals surface area contributed by atoms with Gasteiger partial charge in [-0.25, -0.2) is 0 Å². The van der Waals surface area contributed by atoms with Gasteiger partial charge in [-0.3, -0.25) is 0 Å². The third-order valence-corrected chi connectivity index (χ3v) is 3.34. The highest BCUT2D eigenvalue weighted by molar-refractivity contribution is 6.16. The lowest BCUT2D eigenvalue weighted by molar-refractivity contribution is 0.522. The number of oxazole rings is 1. The lowest BCUT2D eigenvalue weighted by atomic mass is 10.4. The van der Waals surface area contributed by atoms with Crippen molar-refractivity contribution in [2.75, 3.05) is 11.4 Å². The third kappa shape index (κ3) is 2.12. The van der Waals surface area contributed by atoms with Crippen molar-refractivity contribution in [2.45, 2.75) is 37.6 Å². The van der Waals surface area contributed by atoms with Gasteiger partial charge in [0.25, 0.3) is 6.01 Å². The van der Waals surface area contributed by atoms with E-state index in [9.17, 15) is 0 Å². The monoisotopic (exact) mass is 226 g/mol. The van der Waals surface area contributed by atoms with Crippen molar-refractivity contribution in [3.05, 3.63) is 12.0 Å². The zero-order valence-corrected chi connectivity index (χ0v) is 9.41. The van der Waals surface area contributed by atoms with Gasteiger partial charge in [0, 0.05) is 12.6 Å². The van der Waals surface area contributed by atoms with Crippen molar-refractivity contribution in [3.8, 4) is 0 Å². The van der Waals surface area contributed by atoms with Crippen LogP contribution < -0.4 is 4.90 Å². The molecule has 2 fully saturated rings. The zero-order chi connectivity index (χ0) is 10.3. The molecular weight excluding hydrogens is 212 g/mol. The predicted octanol–water partition coefficient (Wildman–Crippen LogP) is 2.79. The molecule has 0 bridgehead atoms. The number of hydrogen-bond donors (Lipinski definition) is 0. The Balaban J connectivity index is 1.74. The van der Waals surface area contributed by atoms with Crippen LogP contribution in [0.15, 0.2) is 10.7 Å². The molecule has 1 heterocycles. The quantitative estimate of drug-likeness (QED) is 0.723. The van der Waals surface area contributed by atoms with Gasteiger partial charge in [-0.05, 0) is 31.6 Å². The van der Waals surface area contributed by atoms with E-state index in [0.29, 0.717) is 11.9 Å². The molecular formula is C11H15ClN2O. The van der Waals surface area contributed by atoms with Crippen LogP contribution in [0, 0.1) is 5.92 Å². The van der Waals surface area contributed by atoms with Crippen molar-refractivity contribution < 1.29 is 4.42 Å². The van der Waals surface area contributed by atoms with Crippen LogP contribution in [0.1, 0.15) is 31.4 Å². The molecule has 1 aromatic heterocycles. The van der Waals surface area contributed by atoms with Crippen molar-refractivity contribution in [1.29, 1.82) is 0 Å². The first-order valence-corrected chi connectivity index (χ1v) is 6.17. The molecule has 2 saturated carbocycles. The molecule has 3 rings (SSSR count). The highest BCUT2D eigenvalue weighted by atomic mass is 35.5. The Hall–Kier alpha value is -0.700. The van der Waals surface area contributed by atoms with Crippen molar-refractivity contribution >= 4 is 17.6 Å². The molecule has 0 unspecified atom stereocenters. The van der Waals surface area contributed by atoms with Crippen LogP contribution in [0.4, 0.5) is 6.01 Å². The first-order chi connectivity index (χ1) is 7.36. The second-order valence-corrected chi connectivity index (χ2v) is 4.85. The van der Waals surface area contributed by atoms with E-state index < -0.39 is 0 Å². The maximum absolute atomic E-state index is 5.72. The predicted molar refractivity (Wildman–Crippen MR) is 59.2 cm³/mol. The van der Waals surface area contributed by atoms with Gasteiger partial charge in [0.2, 0.25) is 0 Å². The van der Waals surface area contributed by atoms with Gasteiger partial charge in [0.1, 0.15) is 6.26 Å². The van der Waals surface area contributed by atoms with Crippen molar-refractivity contribution in [3.63, 3.8) is 0 Å². The van der Waals surface area contributed by atoms with Crippen LogP contribution in [0.5, 0.6) is 0 Å². The fourth-order valence-corrected chi connectivity index (χ4v) is 1.96. The summed E-state index contributed by atoms with van der Waals surface area (Å²) in [6.45, 7) is 1.12. The minimum absolute atomic E-state index is 0.436. The molecule has 0 spiro atoms. The summed E-state index contributed by atoms with van der Waals surface area (Å²) < 4.78 is 5.48. The van der Waals surface area contributed by atoms with Crippen molar-refractivity contribution in [1.82, 2.24) is 4.98 Å². The molecule has 4 heteroatoms. The molecule has 2 aliphatic rings. The standard InChI is InChI=1S/C11H15ClN2O/c12-5-9-7-15-11(13-9)14(10-3-4-10)6-8-1-2-8/h7-8,10H,1-6H2.